The molecule has 6 nitrogen and oxygen atoms in total. The summed E-state index contributed by atoms with van der Waals surface area (Å²) in [4.78, 5) is 30.9. The predicted octanol–water partition coefficient (Wildman–Crippen LogP) is 1.70. The van der Waals surface area contributed by atoms with Gasteiger partial charge in [0.2, 0.25) is 5.76 Å². The first-order valence-electron chi connectivity index (χ1n) is 10.1. The number of carbonyl (C=O) groups excluding carboxylic acids is 1. The Hall–Kier alpha value is -2.48. The first kappa shape index (κ1) is 18.5. The van der Waals surface area contributed by atoms with Crippen LogP contribution in [-0.2, 0) is 4.74 Å². The van der Waals surface area contributed by atoms with Gasteiger partial charge in [0.25, 0.3) is 5.91 Å². The second kappa shape index (κ2) is 7.74. The van der Waals surface area contributed by atoms with E-state index in [9.17, 15) is 9.59 Å². The molecule has 0 radical (unpaired) electrons. The maximum absolute atomic E-state index is 13.3. The average Bonchev–Trinajstić information content (AvgIpc) is 3.37. The molecule has 2 aromatic heterocycles. The number of benzene rings is 1. The van der Waals surface area contributed by atoms with Gasteiger partial charge in [-0.05, 0) is 23.6 Å². The van der Waals surface area contributed by atoms with Crippen LogP contribution < -0.4 is 10.3 Å². The number of ether oxygens (including phenoxy) is 1. The molecule has 150 valence electrons. The van der Waals surface area contributed by atoms with E-state index < -0.39 is 0 Å². The van der Waals surface area contributed by atoms with Crippen molar-refractivity contribution in [2.24, 2.45) is 0 Å². The van der Waals surface area contributed by atoms with E-state index in [1.165, 1.54) is 4.90 Å². The summed E-state index contributed by atoms with van der Waals surface area (Å²) in [6.45, 7) is 5.20. The quantitative estimate of drug-likeness (QED) is 0.694. The average molecular weight is 412 g/mol. The maximum atomic E-state index is 13.3. The molecule has 1 amide bonds. The van der Waals surface area contributed by atoms with Gasteiger partial charge >= 0.3 is 0 Å². The Bertz CT molecular complexity index is 1090. The lowest BCUT2D eigenvalue weighted by molar-refractivity contribution is -0.908. The van der Waals surface area contributed by atoms with Crippen molar-refractivity contribution in [2.75, 3.05) is 39.4 Å². The summed E-state index contributed by atoms with van der Waals surface area (Å²) in [5.74, 6) is 0.0176. The number of nitrogens with zero attached hydrogens (tertiary/aromatic N) is 1. The Morgan fingerprint density at radius 3 is 2.72 bits per heavy atom. The molecule has 1 saturated heterocycles. The molecule has 0 aliphatic carbocycles. The SMILES string of the molecule is O=C1c2oc3ccccc3c(=O)c2[C@@H](c2cccs2)N1CCC[NH+]1CCOCC1. The van der Waals surface area contributed by atoms with Crippen molar-refractivity contribution >= 4 is 28.2 Å². The summed E-state index contributed by atoms with van der Waals surface area (Å²) in [6.07, 6.45) is 0.880. The van der Waals surface area contributed by atoms with Crippen molar-refractivity contribution in [1.82, 2.24) is 4.90 Å². The summed E-state index contributed by atoms with van der Waals surface area (Å²) in [6, 6.07) is 10.7. The number of hydrogen-bond donors (Lipinski definition) is 1. The van der Waals surface area contributed by atoms with Crippen LogP contribution in [0.2, 0.25) is 0 Å². The van der Waals surface area contributed by atoms with Crippen LogP contribution in [-0.4, -0.2) is 50.2 Å². The number of fused-ring (bicyclic) bond motifs is 2. The highest BCUT2D eigenvalue weighted by molar-refractivity contribution is 7.10. The fourth-order valence-corrected chi connectivity index (χ4v) is 5.20. The Kier molecular flexibility index (Phi) is 4.95. The van der Waals surface area contributed by atoms with E-state index in [0.717, 1.165) is 44.1 Å². The highest BCUT2D eigenvalue weighted by Crippen LogP contribution is 2.39. The van der Waals surface area contributed by atoms with Gasteiger partial charge in [-0.15, -0.1) is 11.3 Å². The number of rotatable bonds is 5. The second-order valence-corrected chi connectivity index (χ2v) is 8.53. The summed E-state index contributed by atoms with van der Waals surface area (Å²) in [5, 5.41) is 2.51. The first-order valence-corrected chi connectivity index (χ1v) is 10.9. The minimum Gasteiger partial charge on any atom is -0.450 e. The third-order valence-electron chi connectivity index (χ3n) is 5.82. The van der Waals surface area contributed by atoms with Crippen LogP contribution in [0.3, 0.4) is 0 Å². The van der Waals surface area contributed by atoms with Crippen molar-refractivity contribution in [3.05, 3.63) is 68.2 Å². The largest absolute Gasteiger partial charge is 0.450 e. The van der Waals surface area contributed by atoms with Crippen LogP contribution in [0.5, 0.6) is 0 Å². The number of carbonyl (C=O) groups is 1. The van der Waals surface area contributed by atoms with Gasteiger partial charge in [-0.25, -0.2) is 0 Å². The smallest absolute Gasteiger partial charge is 0.290 e. The van der Waals surface area contributed by atoms with Crippen LogP contribution in [0, 0.1) is 0 Å². The fraction of sp³-hybridized carbons (Fsp3) is 0.364. The molecule has 0 unspecified atom stereocenters. The summed E-state index contributed by atoms with van der Waals surface area (Å²) in [5.41, 5.74) is 0.846. The normalized spacial score (nSPS) is 19.8. The van der Waals surface area contributed by atoms with Gasteiger partial charge in [0.05, 0.1) is 36.8 Å². The minimum atomic E-state index is -0.363. The van der Waals surface area contributed by atoms with Crippen LogP contribution in [0.1, 0.15) is 33.5 Å². The minimum absolute atomic E-state index is 0.102. The lowest BCUT2D eigenvalue weighted by Gasteiger charge is -2.27. The standard InChI is InChI=1S/C22H22N2O4S/c25-20-15-5-1-2-6-16(15)28-21-18(20)19(17-7-3-14-29-17)24(22(21)26)9-4-8-23-10-12-27-13-11-23/h1-3,5-7,14,19H,4,8-13H2/p+1/t19-/m1/s1. The van der Waals surface area contributed by atoms with E-state index in [1.54, 1.807) is 23.5 Å². The summed E-state index contributed by atoms with van der Waals surface area (Å²) >= 11 is 1.57. The first-order chi connectivity index (χ1) is 14.2. The Morgan fingerprint density at radius 2 is 1.93 bits per heavy atom. The monoisotopic (exact) mass is 411 g/mol. The van der Waals surface area contributed by atoms with E-state index in [4.69, 9.17) is 9.15 Å². The molecule has 2 aliphatic heterocycles. The molecule has 3 aromatic rings. The molecular weight excluding hydrogens is 388 g/mol. The zero-order valence-corrected chi connectivity index (χ0v) is 16.9. The van der Waals surface area contributed by atoms with Crippen LogP contribution in [0.4, 0.5) is 0 Å². The van der Waals surface area contributed by atoms with Gasteiger partial charge in [-0.1, -0.05) is 18.2 Å². The molecule has 0 bridgehead atoms. The number of morpholine rings is 1. The summed E-state index contributed by atoms with van der Waals surface area (Å²) in [7, 11) is 0. The topological polar surface area (TPSA) is 64.2 Å². The highest BCUT2D eigenvalue weighted by atomic mass is 32.1. The lowest BCUT2D eigenvalue weighted by atomic mass is 10.0. The number of thiophene rings is 1. The van der Waals surface area contributed by atoms with Crippen molar-refractivity contribution in [1.29, 1.82) is 0 Å². The van der Waals surface area contributed by atoms with Crippen molar-refractivity contribution < 1.29 is 18.8 Å². The summed E-state index contributed by atoms with van der Waals surface area (Å²) < 4.78 is 11.4. The lowest BCUT2D eigenvalue weighted by Crippen LogP contribution is -3.14. The van der Waals surface area contributed by atoms with Crippen molar-refractivity contribution in [3.63, 3.8) is 0 Å². The number of amides is 1. The van der Waals surface area contributed by atoms with E-state index >= 15 is 0 Å². The zero-order valence-electron chi connectivity index (χ0n) is 16.1. The van der Waals surface area contributed by atoms with E-state index in [-0.39, 0.29) is 23.1 Å². The van der Waals surface area contributed by atoms with Crippen molar-refractivity contribution in [3.8, 4) is 0 Å². The number of quaternary nitrogens is 1. The van der Waals surface area contributed by atoms with Gasteiger partial charge in [0, 0.05) is 17.8 Å². The van der Waals surface area contributed by atoms with Crippen LogP contribution in [0.25, 0.3) is 11.0 Å². The maximum Gasteiger partial charge on any atom is 0.290 e. The molecule has 1 fully saturated rings. The molecule has 2 aliphatic rings. The van der Waals surface area contributed by atoms with E-state index in [2.05, 4.69) is 0 Å². The Balaban J connectivity index is 1.49. The molecular formula is C22H23N2O4S+. The molecule has 29 heavy (non-hydrogen) atoms. The van der Waals surface area contributed by atoms with Gasteiger partial charge < -0.3 is 19.0 Å². The molecule has 1 aromatic carbocycles. The van der Waals surface area contributed by atoms with Gasteiger partial charge in [0.1, 0.15) is 18.7 Å². The zero-order chi connectivity index (χ0) is 19.8. The number of hydrogen-bond acceptors (Lipinski definition) is 5. The van der Waals surface area contributed by atoms with E-state index in [1.807, 2.05) is 34.5 Å². The molecule has 1 N–H and O–H groups in total. The second-order valence-electron chi connectivity index (χ2n) is 7.55. The molecule has 1 atom stereocenters. The third kappa shape index (κ3) is 3.29. The fourth-order valence-electron chi connectivity index (χ4n) is 4.35. The van der Waals surface area contributed by atoms with Crippen LogP contribution >= 0.6 is 11.3 Å². The van der Waals surface area contributed by atoms with Gasteiger partial charge in [-0.3, -0.25) is 9.59 Å². The van der Waals surface area contributed by atoms with Gasteiger partial charge in [0.15, 0.2) is 5.43 Å². The molecule has 0 spiro atoms. The molecule has 0 saturated carbocycles. The number of nitrogens with one attached hydrogen (secondary N) is 1. The van der Waals surface area contributed by atoms with Crippen LogP contribution in [0.15, 0.2) is 51.0 Å². The highest BCUT2D eigenvalue weighted by Gasteiger charge is 2.43. The molecule has 4 heterocycles. The molecule has 7 heteroatoms. The predicted molar refractivity (Wildman–Crippen MR) is 111 cm³/mol. The molecule has 5 rings (SSSR count). The van der Waals surface area contributed by atoms with Gasteiger partial charge in [-0.2, -0.15) is 0 Å². The Morgan fingerprint density at radius 1 is 1.10 bits per heavy atom. The Labute approximate surface area is 172 Å². The third-order valence-corrected chi connectivity index (χ3v) is 6.74. The number of para-hydroxylation sites is 1. The van der Waals surface area contributed by atoms with E-state index in [0.29, 0.717) is 23.1 Å². The van der Waals surface area contributed by atoms with Crippen molar-refractivity contribution in [2.45, 2.75) is 12.5 Å².